The van der Waals surface area contributed by atoms with Crippen LogP contribution in [0.3, 0.4) is 0 Å². The molecule has 1 aromatic carbocycles. The second kappa shape index (κ2) is 5.78. The second-order valence-corrected chi connectivity index (χ2v) is 6.39. The smallest absolute Gasteiger partial charge is 0.279 e. The van der Waals surface area contributed by atoms with Crippen molar-refractivity contribution in [3.8, 4) is 0 Å². The van der Waals surface area contributed by atoms with E-state index in [0.29, 0.717) is 37.4 Å². The highest BCUT2D eigenvalue weighted by Gasteiger charge is 2.26. The average Bonchev–Trinajstić information content (AvgIpc) is 2.47. The Morgan fingerprint density at radius 2 is 1.95 bits per heavy atom. The van der Waals surface area contributed by atoms with Gasteiger partial charge in [0.1, 0.15) is 0 Å². The first kappa shape index (κ1) is 14.8. The van der Waals surface area contributed by atoms with E-state index in [0.717, 1.165) is 5.69 Å². The molecule has 0 aromatic heterocycles. The summed E-state index contributed by atoms with van der Waals surface area (Å²) in [6.45, 7) is 1.97. The SMILES string of the molecule is CNS(=O)(=O)N1CCN(c2cccc(N)c2C=N)CC1. The van der Waals surface area contributed by atoms with Crippen LogP contribution in [0.15, 0.2) is 18.2 Å². The molecule has 4 N–H and O–H groups in total. The lowest BCUT2D eigenvalue weighted by Gasteiger charge is -2.35. The third kappa shape index (κ3) is 2.77. The molecule has 0 bridgehead atoms. The predicted molar refractivity (Wildman–Crippen MR) is 80.5 cm³/mol. The molecule has 2 rings (SSSR count). The van der Waals surface area contributed by atoms with Gasteiger partial charge in [-0.05, 0) is 12.1 Å². The lowest BCUT2D eigenvalue weighted by molar-refractivity contribution is 0.380. The highest BCUT2D eigenvalue weighted by atomic mass is 32.2. The molecule has 0 spiro atoms. The predicted octanol–water partition coefficient (Wildman–Crippen LogP) is -0.147. The van der Waals surface area contributed by atoms with E-state index in [4.69, 9.17) is 11.1 Å². The number of hydrogen-bond acceptors (Lipinski definition) is 5. The van der Waals surface area contributed by atoms with Crippen molar-refractivity contribution in [2.45, 2.75) is 0 Å². The number of nitrogens with zero attached hydrogens (tertiary/aromatic N) is 2. The van der Waals surface area contributed by atoms with E-state index >= 15 is 0 Å². The van der Waals surface area contributed by atoms with E-state index in [1.165, 1.54) is 17.6 Å². The lowest BCUT2D eigenvalue weighted by Crippen LogP contribution is -2.51. The molecule has 1 aromatic rings. The minimum absolute atomic E-state index is 0.412. The summed E-state index contributed by atoms with van der Waals surface area (Å²) in [5.74, 6) is 0. The zero-order valence-electron chi connectivity index (χ0n) is 11.3. The van der Waals surface area contributed by atoms with E-state index < -0.39 is 10.2 Å². The van der Waals surface area contributed by atoms with Gasteiger partial charge in [0.2, 0.25) is 0 Å². The number of hydrogen-bond donors (Lipinski definition) is 3. The van der Waals surface area contributed by atoms with Crippen LogP contribution < -0.4 is 15.4 Å². The Labute approximate surface area is 119 Å². The Morgan fingerprint density at radius 1 is 1.30 bits per heavy atom. The fourth-order valence-electron chi connectivity index (χ4n) is 2.30. The monoisotopic (exact) mass is 297 g/mol. The summed E-state index contributed by atoms with van der Waals surface area (Å²) in [5, 5.41) is 7.46. The van der Waals surface area contributed by atoms with Crippen LogP contribution in [0.5, 0.6) is 0 Å². The summed E-state index contributed by atoms with van der Waals surface area (Å²) in [7, 11) is -1.95. The van der Waals surface area contributed by atoms with E-state index in [1.807, 2.05) is 12.1 Å². The average molecular weight is 297 g/mol. The lowest BCUT2D eigenvalue weighted by atomic mass is 10.1. The normalized spacial score (nSPS) is 17.1. The van der Waals surface area contributed by atoms with Crippen molar-refractivity contribution < 1.29 is 8.42 Å². The van der Waals surface area contributed by atoms with Gasteiger partial charge in [0.25, 0.3) is 10.2 Å². The van der Waals surface area contributed by atoms with Crippen LogP contribution in [0.1, 0.15) is 5.56 Å². The fourth-order valence-corrected chi connectivity index (χ4v) is 3.20. The highest BCUT2D eigenvalue weighted by molar-refractivity contribution is 7.87. The first-order valence-corrected chi connectivity index (χ1v) is 7.76. The zero-order chi connectivity index (χ0) is 14.8. The summed E-state index contributed by atoms with van der Waals surface area (Å²) in [6.07, 6.45) is 1.24. The quantitative estimate of drug-likeness (QED) is 0.531. The van der Waals surface area contributed by atoms with E-state index in [-0.39, 0.29) is 0 Å². The third-order valence-electron chi connectivity index (χ3n) is 3.44. The largest absolute Gasteiger partial charge is 0.398 e. The third-order valence-corrected chi connectivity index (χ3v) is 5.00. The van der Waals surface area contributed by atoms with Gasteiger partial charge in [-0.25, -0.2) is 4.72 Å². The number of nitrogens with one attached hydrogen (secondary N) is 2. The van der Waals surface area contributed by atoms with Crippen molar-refractivity contribution in [2.75, 3.05) is 43.9 Å². The molecule has 1 saturated heterocycles. The Kier molecular flexibility index (Phi) is 4.26. The van der Waals surface area contributed by atoms with Gasteiger partial charge < -0.3 is 16.0 Å². The van der Waals surface area contributed by atoms with Gasteiger partial charge in [0.15, 0.2) is 0 Å². The van der Waals surface area contributed by atoms with Crippen molar-refractivity contribution in [1.29, 1.82) is 5.41 Å². The molecule has 8 heteroatoms. The summed E-state index contributed by atoms with van der Waals surface area (Å²) in [5.41, 5.74) is 7.98. The van der Waals surface area contributed by atoms with Gasteiger partial charge in [0, 0.05) is 56.4 Å². The minimum atomic E-state index is -3.36. The first-order chi connectivity index (χ1) is 9.49. The number of rotatable bonds is 4. The summed E-state index contributed by atoms with van der Waals surface area (Å²) in [4.78, 5) is 2.05. The molecular formula is C12H19N5O2S. The molecule has 1 fully saturated rings. The maximum absolute atomic E-state index is 11.7. The topological polar surface area (TPSA) is 103 Å². The molecule has 0 unspecified atom stereocenters. The van der Waals surface area contributed by atoms with Gasteiger partial charge in [0.05, 0.1) is 0 Å². The number of piperazine rings is 1. The van der Waals surface area contributed by atoms with Crippen LogP contribution in [0.2, 0.25) is 0 Å². The maximum atomic E-state index is 11.7. The number of benzene rings is 1. The van der Waals surface area contributed by atoms with Crippen molar-refractivity contribution in [3.63, 3.8) is 0 Å². The second-order valence-electron chi connectivity index (χ2n) is 4.52. The Hall–Kier alpha value is -1.64. The highest BCUT2D eigenvalue weighted by Crippen LogP contribution is 2.25. The molecule has 0 aliphatic carbocycles. The molecule has 0 saturated carbocycles. The van der Waals surface area contributed by atoms with Gasteiger partial charge in [-0.15, -0.1) is 0 Å². The van der Waals surface area contributed by atoms with Crippen molar-refractivity contribution in [2.24, 2.45) is 0 Å². The number of anilines is 2. The van der Waals surface area contributed by atoms with E-state index in [9.17, 15) is 8.42 Å². The Morgan fingerprint density at radius 3 is 2.50 bits per heavy atom. The number of nitrogen functional groups attached to an aromatic ring is 1. The summed E-state index contributed by atoms with van der Waals surface area (Å²) in [6, 6.07) is 5.50. The summed E-state index contributed by atoms with van der Waals surface area (Å²) < 4.78 is 27.2. The molecule has 0 atom stereocenters. The molecule has 20 heavy (non-hydrogen) atoms. The maximum Gasteiger partial charge on any atom is 0.279 e. The molecule has 1 aliphatic heterocycles. The van der Waals surface area contributed by atoms with Gasteiger partial charge in [-0.2, -0.15) is 12.7 Å². The first-order valence-electron chi connectivity index (χ1n) is 6.32. The molecule has 0 amide bonds. The van der Waals surface area contributed by atoms with Crippen LogP contribution >= 0.6 is 0 Å². The molecule has 0 radical (unpaired) electrons. The number of nitrogens with two attached hydrogens (primary N) is 1. The molecular weight excluding hydrogens is 278 g/mol. The molecule has 1 aliphatic rings. The van der Waals surface area contributed by atoms with Gasteiger partial charge in [-0.3, -0.25) is 0 Å². The van der Waals surface area contributed by atoms with Crippen LogP contribution in [0.4, 0.5) is 11.4 Å². The van der Waals surface area contributed by atoms with Crippen molar-refractivity contribution in [3.05, 3.63) is 23.8 Å². The zero-order valence-corrected chi connectivity index (χ0v) is 12.2. The molecule has 110 valence electrons. The minimum Gasteiger partial charge on any atom is -0.398 e. The van der Waals surface area contributed by atoms with Crippen molar-refractivity contribution in [1.82, 2.24) is 9.03 Å². The Balaban J connectivity index is 2.16. The fraction of sp³-hybridized carbons (Fsp3) is 0.417. The standard InChI is InChI=1S/C12H19N5O2S/c1-15-20(18,19)17-7-5-16(6-8-17)12-4-2-3-11(14)10(12)9-13/h2-4,9,13,15H,5-8,14H2,1H3. The van der Waals surface area contributed by atoms with Crippen LogP contribution in [0, 0.1) is 5.41 Å². The van der Waals surface area contributed by atoms with Crippen LogP contribution in [0.25, 0.3) is 0 Å². The van der Waals surface area contributed by atoms with Crippen molar-refractivity contribution >= 4 is 27.8 Å². The molecule has 1 heterocycles. The molecule has 7 nitrogen and oxygen atoms in total. The van der Waals surface area contributed by atoms with E-state index in [1.54, 1.807) is 6.07 Å². The van der Waals surface area contributed by atoms with Crippen LogP contribution in [-0.4, -0.2) is 52.2 Å². The van der Waals surface area contributed by atoms with Crippen LogP contribution in [-0.2, 0) is 10.2 Å². The van der Waals surface area contributed by atoms with E-state index in [2.05, 4.69) is 9.62 Å². The summed E-state index contributed by atoms with van der Waals surface area (Å²) >= 11 is 0. The Bertz CT molecular complexity index is 594. The van der Waals surface area contributed by atoms with Gasteiger partial charge in [-0.1, -0.05) is 6.07 Å². The van der Waals surface area contributed by atoms with Gasteiger partial charge >= 0.3 is 0 Å².